The lowest BCUT2D eigenvalue weighted by Crippen LogP contribution is -2.21. The molecule has 0 spiro atoms. The van der Waals surface area contributed by atoms with E-state index in [0.717, 1.165) is 5.56 Å². The molecule has 6 nitrogen and oxygen atoms in total. The molecule has 4 aromatic rings. The Morgan fingerprint density at radius 3 is 2.68 bits per heavy atom. The second-order valence-electron chi connectivity index (χ2n) is 7.06. The third-order valence-corrected chi connectivity index (χ3v) is 4.95. The van der Waals surface area contributed by atoms with Gasteiger partial charge in [-0.05, 0) is 35.9 Å². The van der Waals surface area contributed by atoms with E-state index in [1.54, 1.807) is 43.4 Å². The van der Waals surface area contributed by atoms with Gasteiger partial charge in [0.2, 0.25) is 0 Å². The fourth-order valence-electron chi connectivity index (χ4n) is 3.36. The quantitative estimate of drug-likeness (QED) is 0.534. The first-order valence-electron chi connectivity index (χ1n) is 9.67. The van der Waals surface area contributed by atoms with E-state index in [4.69, 9.17) is 10.00 Å². The average Bonchev–Trinajstić information content (AvgIpc) is 2.80. The number of carbonyl (C=O) groups excluding carboxylic acids is 1. The highest BCUT2D eigenvalue weighted by Gasteiger charge is 2.14. The molecule has 0 aliphatic carbocycles. The molecule has 1 amide bonds. The van der Waals surface area contributed by atoms with Gasteiger partial charge in [0.05, 0.1) is 22.7 Å². The van der Waals surface area contributed by atoms with Crippen LogP contribution in [0.5, 0.6) is 5.75 Å². The second kappa shape index (κ2) is 8.56. The summed E-state index contributed by atoms with van der Waals surface area (Å²) in [5.74, 6) is 0.210. The first kappa shape index (κ1) is 19.9. The van der Waals surface area contributed by atoms with Crippen LogP contribution in [0, 0.1) is 11.3 Å². The van der Waals surface area contributed by atoms with Gasteiger partial charge >= 0.3 is 0 Å². The predicted molar refractivity (Wildman–Crippen MR) is 119 cm³/mol. The average molecular weight is 409 g/mol. The lowest BCUT2D eigenvalue weighted by atomic mass is 10.1. The van der Waals surface area contributed by atoms with Crippen LogP contribution < -0.4 is 15.6 Å². The Morgan fingerprint density at radius 2 is 1.84 bits per heavy atom. The van der Waals surface area contributed by atoms with Crippen molar-refractivity contribution in [3.63, 3.8) is 0 Å². The third kappa shape index (κ3) is 4.31. The number of anilines is 1. The van der Waals surface area contributed by atoms with Crippen LogP contribution in [0.1, 0.15) is 21.5 Å². The molecule has 31 heavy (non-hydrogen) atoms. The highest BCUT2D eigenvalue weighted by Crippen LogP contribution is 2.21. The monoisotopic (exact) mass is 409 g/mol. The molecule has 0 aliphatic heterocycles. The molecule has 1 N–H and O–H groups in total. The first-order valence-corrected chi connectivity index (χ1v) is 9.67. The van der Waals surface area contributed by atoms with Crippen molar-refractivity contribution in [1.29, 1.82) is 5.26 Å². The summed E-state index contributed by atoms with van der Waals surface area (Å²) >= 11 is 0. The van der Waals surface area contributed by atoms with Crippen molar-refractivity contribution in [2.75, 3.05) is 5.32 Å². The topological polar surface area (TPSA) is 84.1 Å². The van der Waals surface area contributed by atoms with Crippen LogP contribution in [0.25, 0.3) is 10.9 Å². The minimum Gasteiger partial charge on any atom is -0.489 e. The number of pyridine rings is 1. The Balaban J connectivity index is 1.54. The minimum atomic E-state index is -0.368. The second-order valence-corrected chi connectivity index (χ2v) is 7.06. The largest absolute Gasteiger partial charge is 0.489 e. The number of benzene rings is 3. The highest BCUT2D eigenvalue weighted by atomic mass is 16.5. The molecule has 0 saturated heterocycles. The van der Waals surface area contributed by atoms with Crippen LogP contribution >= 0.6 is 0 Å². The van der Waals surface area contributed by atoms with E-state index >= 15 is 0 Å². The maximum Gasteiger partial charge on any atom is 0.256 e. The number of rotatable bonds is 5. The number of nitrogens with zero attached hydrogens (tertiary/aromatic N) is 2. The number of aromatic nitrogens is 1. The Kier molecular flexibility index (Phi) is 5.50. The summed E-state index contributed by atoms with van der Waals surface area (Å²) in [4.78, 5) is 25.2. The Bertz CT molecular complexity index is 1380. The van der Waals surface area contributed by atoms with Crippen molar-refractivity contribution < 1.29 is 9.53 Å². The number of fused-ring (bicyclic) bond motifs is 1. The molecule has 0 radical (unpaired) electrons. The van der Waals surface area contributed by atoms with E-state index in [-0.39, 0.29) is 11.5 Å². The zero-order valence-corrected chi connectivity index (χ0v) is 16.8. The van der Waals surface area contributed by atoms with Gasteiger partial charge in [-0.25, -0.2) is 0 Å². The summed E-state index contributed by atoms with van der Waals surface area (Å²) in [5, 5.41) is 12.6. The van der Waals surface area contributed by atoms with Gasteiger partial charge in [-0.3, -0.25) is 9.59 Å². The van der Waals surface area contributed by atoms with Gasteiger partial charge in [0, 0.05) is 30.3 Å². The molecule has 0 bridgehead atoms. The number of para-hydroxylation sites is 1. The lowest BCUT2D eigenvalue weighted by molar-refractivity contribution is 0.102. The van der Waals surface area contributed by atoms with E-state index in [1.165, 1.54) is 10.6 Å². The third-order valence-electron chi connectivity index (χ3n) is 4.95. The van der Waals surface area contributed by atoms with E-state index in [0.29, 0.717) is 40.1 Å². The molecule has 1 aromatic heterocycles. The van der Waals surface area contributed by atoms with Crippen molar-refractivity contribution in [1.82, 2.24) is 4.57 Å². The van der Waals surface area contributed by atoms with Crippen molar-refractivity contribution in [2.45, 2.75) is 6.61 Å². The van der Waals surface area contributed by atoms with Gasteiger partial charge < -0.3 is 14.6 Å². The summed E-state index contributed by atoms with van der Waals surface area (Å²) in [6, 6.07) is 25.0. The molecular formula is C25H19N3O3. The van der Waals surface area contributed by atoms with Crippen LogP contribution in [-0.2, 0) is 13.7 Å². The summed E-state index contributed by atoms with van der Waals surface area (Å²) < 4.78 is 7.33. The molecule has 0 saturated carbocycles. The zero-order chi connectivity index (χ0) is 21.8. The molecule has 0 atom stereocenters. The number of hydrogen-bond donors (Lipinski definition) is 1. The number of carbonyl (C=O) groups is 1. The van der Waals surface area contributed by atoms with E-state index in [9.17, 15) is 9.59 Å². The molecule has 4 rings (SSSR count). The number of amides is 1. The van der Waals surface area contributed by atoms with Gasteiger partial charge in [0.25, 0.3) is 11.5 Å². The minimum absolute atomic E-state index is 0.250. The Hall–Kier alpha value is -4.37. The van der Waals surface area contributed by atoms with Crippen molar-refractivity contribution in [3.8, 4) is 11.8 Å². The molecule has 0 unspecified atom stereocenters. The summed E-state index contributed by atoms with van der Waals surface area (Å²) in [5.41, 5.74) is 2.76. The summed E-state index contributed by atoms with van der Waals surface area (Å²) in [7, 11) is 1.68. The summed E-state index contributed by atoms with van der Waals surface area (Å²) in [6.07, 6.45) is 0. The van der Waals surface area contributed by atoms with Gasteiger partial charge in [-0.15, -0.1) is 0 Å². The first-order chi connectivity index (χ1) is 15.0. The lowest BCUT2D eigenvalue weighted by Gasteiger charge is -2.12. The van der Waals surface area contributed by atoms with Crippen LogP contribution in [0.15, 0.2) is 83.7 Å². The Labute approximate surface area is 178 Å². The standard InChI is InChI=1S/C25H19N3O3/c1-28-23-11-3-2-10-21(23)22(14-24(28)29)25(30)27-19-8-5-9-20(13-19)31-16-18-7-4-6-17(12-18)15-26/h2-14H,16H2,1H3,(H,27,30). The fourth-order valence-corrected chi connectivity index (χ4v) is 3.36. The number of hydrogen-bond acceptors (Lipinski definition) is 4. The van der Waals surface area contributed by atoms with Crippen molar-refractivity contribution >= 4 is 22.5 Å². The molecule has 0 fully saturated rings. The molecule has 0 aliphatic rings. The van der Waals surface area contributed by atoms with Crippen molar-refractivity contribution in [3.05, 3.63) is 106 Å². The fraction of sp³-hybridized carbons (Fsp3) is 0.0800. The molecule has 6 heteroatoms. The van der Waals surface area contributed by atoms with Gasteiger partial charge in [-0.2, -0.15) is 5.26 Å². The Morgan fingerprint density at radius 1 is 1.03 bits per heavy atom. The van der Waals surface area contributed by atoms with Crippen LogP contribution in [-0.4, -0.2) is 10.5 Å². The summed E-state index contributed by atoms with van der Waals surface area (Å²) in [6.45, 7) is 0.298. The van der Waals surface area contributed by atoms with Crippen LogP contribution in [0.4, 0.5) is 5.69 Å². The number of nitrogens with one attached hydrogen (secondary N) is 1. The number of nitriles is 1. The van der Waals surface area contributed by atoms with E-state index in [1.807, 2.05) is 36.4 Å². The SMILES string of the molecule is Cn1c(=O)cc(C(=O)Nc2cccc(OCc3cccc(C#N)c3)c2)c2ccccc21. The predicted octanol–water partition coefficient (Wildman–Crippen LogP) is 4.24. The van der Waals surface area contributed by atoms with E-state index in [2.05, 4.69) is 11.4 Å². The van der Waals surface area contributed by atoms with E-state index < -0.39 is 0 Å². The smallest absolute Gasteiger partial charge is 0.256 e. The normalized spacial score (nSPS) is 10.5. The van der Waals surface area contributed by atoms with Gasteiger partial charge in [-0.1, -0.05) is 36.4 Å². The number of aryl methyl sites for hydroxylation is 1. The molecule has 1 heterocycles. The zero-order valence-electron chi connectivity index (χ0n) is 16.8. The molecular weight excluding hydrogens is 390 g/mol. The maximum atomic E-state index is 12.9. The van der Waals surface area contributed by atoms with Crippen molar-refractivity contribution in [2.24, 2.45) is 7.05 Å². The van der Waals surface area contributed by atoms with Gasteiger partial charge in [0.1, 0.15) is 12.4 Å². The number of ether oxygens (including phenoxy) is 1. The van der Waals surface area contributed by atoms with Crippen LogP contribution in [0.2, 0.25) is 0 Å². The molecule has 152 valence electrons. The maximum absolute atomic E-state index is 12.9. The molecule has 3 aromatic carbocycles. The van der Waals surface area contributed by atoms with Crippen LogP contribution in [0.3, 0.4) is 0 Å². The highest BCUT2D eigenvalue weighted by molar-refractivity contribution is 6.12. The van der Waals surface area contributed by atoms with Gasteiger partial charge in [0.15, 0.2) is 0 Å².